The van der Waals surface area contributed by atoms with Crippen molar-refractivity contribution in [2.75, 3.05) is 0 Å². The van der Waals surface area contributed by atoms with E-state index in [4.69, 9.17) is 4.74 Å². The number of hydrogen-bond donors (Lipinski definition) is 1. The van der Waals surface area contributed by atoms with Gasteiger partial charge in [-0.3, -0.25) is 10.1 Å². The minimum absolute atomic E-state index is 0.0964. The van der Waals surface area contributed by atoms with Gasteiger partial charge in [-0.05, 0) is 30.1 Å². The van der Waals surface area contributed by atoms with E-state index in [2.05, 4.69) is 21.2 Å². The minimum Gasteiger partial charge on any atom is -0.412 e. The van der Waals surface area contributed by atoms with Crippen LogP contribution in [-0.2, 0) is 21.8 Å². The third kappa shape index (κ3) is 2.25. The molecule has 1 atom stereocenters. The quantitative estimate of drug-likeness (QED) is 0.770. The lowest BCUT2D eigenvalue weighted by atomic mass is 10.0. The molecular weight excluding hydrogens is 399 g/mol. The number of amides is 2. The number of benzene rings is 2. The monoisotopic (exact) mass is 408 g/mol. The molecule has 122 valence electrons. The fraction of sp³-hybridized carbons (Fsp3) is 0.125. The van der Waals surface area contributed by atoms with Crippen molar-refractivity contribution in [3.63, 3.8) is 0 Å². The second-order valence-corrected chi connectivity index (χ2v) is 7.33. The Morgan fingerprint density at radius 1 is 1.25 bits per heavy atom. The van der Waals surface area contributed by atoms with E-state index in [1.807, 2.05) is 12.1 Å². The van der Waals surface area contributed by atoms with E-state index in [-0.39, 0.29) is 6.54 Å². The van der Waals surface area contributed by atoms with Crippen LogP contribution in [0.15, 0.2) is 51.8 Å². The van der Waals surface area contributed by atoms with Crippen molar-refractivity contribution in [1.29, 1.82) is 0 Å². The smallest absolute Gasteiger partial charge is 0.412 e. The predicted octanol–water partition coefficient (Wildman–Crippen LogP) is 3.53. The maximum Gasteiger partial charge on any atom is 0.416 e. The summed E-state index contributed by atoms with van der Waals surface area (Å²) in [6, 6.07) is 11.9. The Balaban J connectivity index is 1.78. The first-order chi connectivity index (χ1) is 11.5. The van der Waals surface area contributed by atoms with E-state index < -0.39 is 23.5 Å². The van der Waals surface area contributed by atoms with Gasteiger partial charge >= 0.3 is 6.09 Å². The van der Waals surface area contributed by atoms with Gasteiger partial charge in [-0.1, -0.05) is 40.2 Å². The van der Waals surface area contributed by atoms with Gasteiger partial charge < -0.3 is 4.74 Å². The van der Waals surface area contributed by atoms with Gasteiger partial charge in [0, 0.05) is 27.0 Å². The van der Waals surface area contributed by atoms with Crippen molar-refractivity contribution >= 4 is 39.9 Å². The fourth-order valence-corrected chi connectivity index (χ4v) is 4.38. The summed E-state index contributed by atoms with van der Waals surface area (Å²) >= 11 is 4.48. The van der Waals surface area contributed by atoms with Crippen molar-refractivity contribution in [3.05, 3.63) is 63.9 Å². The molecule has 24 heavy (non-hydrogen) atoms. The zero-order valence-corrected chi connectivity index (χ0v) is 14.5. The molecule has 1 unspecified atom stereocenters. The van der Waals surface area contributed by atoms with Crippen molar-refractivity contribution in [2.45, 2.75) is 17.2 Å². The topological polar surface area (TPSA) is 58.6 Å². The Morgan fingerprint density at radius 2 is 2.04 bits per heavy atom. The first-order valence-corrected chi connectivity index (χ1v) is 8.61. The largest absolute Gasteiger partial charge is 0.416 e. The van der Waals surface area contributed by atoms with Crippen LogP contribution in [0, 0.1) is 5.82 Å². The summed E-state index contributed by atoms with van der Waals surface area (Å²) in [6.45, 7) is 0.0964. The number of alkyl carbamates (subject to hydrolysis) is 1. The minimum atomic E-state index is -1.57. The molecule has 5 nitrogen and oxygen atoms in total. The molecule has 0 bridgehead atoms. The molecule has 2 heterocycles. The van der Waals surface area contributed by atoms with Crippen molar-refractivity contribution in [3.8, 4) is 0 Å². The summed E-state index contributed by atoms with van der Waals surface area (Å²) in [4.78, 5) is 25.0. The number of nitrogens with zero attached hydrogens (tertiary/aromatic N) is 1. The Labute approximate surface area is 149 Å². The molecule has 2 aromatic rings. The van der Waals surface area contributed by atoms with E-state index in [9.17, 15) is 14.0 Å². The van der Waals surface area contributed by atoms with Gasteiger partial charge in [-0.15, -0.1) is 0 Å². The second-order valence-electron chi connectivity index (χ2n) is 5.35. The SMILES string of the molecule is O=C1NC(=O)C2(O1)c1ccccc1SN2Cc1ccc(Br)cc1F. The molecule has 4 rings (SSSR count). The highest BCUT2D eigenvalue weighted by molar-refractivity contribution is 9.10. The number of halogens is 2. The number of fused-ring (bicyclic) bond motifs is 2. The van der Waals surface area contributed by atoms with E-state index in [1.165, 1.54) is 18.0 Å². The highest BCUT2D eigenvalue weighted by Crippen LogP contribution is 2.51. The van der Waals surface area contributed by atoms with Gasteiger partial charge in [-0.25, -0.2) is 9.18 Å². The molecule has 0 saturated carbocycles. The van der Waals surface area contributed by atoms with Gasteiger partial charge in [0.2, 0.25) is 0 Å². The fourth-order valence-electron chi connectivity index (χ4n) is 2.82. The van der Waals surface area contributed by atoms with Crippen LogP contribution in [-0.4, -0.2) is 16.3 Å². The van der Waals surface area contributed by atoms with Gasteiger partial charge in [-0.2, -0.15) is 4.31 Å². The lowest BCUT2D eigenvalue weighted by Gasteiger charge is -2.29. The summed E-state index contributed by atoms with van der Waals surface area (Å²) in [5.74, 6) is -0.969. The van der Waals surface area contributed by atoms with Crippen molar-refractivity contribution in [1.82, 2.24) is 9.62 Å². The molecule has 0 aliphatic carbocycles. The molecule has 2 amide bonds. The molecule has 1 fully saturated rings. The zero-order valence-electron chi connectivity index (χ0n) is 12.1. The summed E-state index contributed by atoms with van der Waals surface area (Å²) < 4.78 is 21.8. The summed E-state index contributed by atoms with van der Waals surface area (Å²) in [7, 11) is 0. The average molecular weight is 409 g/mol. The van der Waals surface area contributed by atoms with Crippen LogP contribution in [0.4, 0.5) is 9.18 Å². The maximum atomic E-state index is 14.2. The number of nitrogens with one attached hydrogen (secondary N) is 1. The Kier molecular flexibility index (Phi) is 3.63. The summed E-state index contributed by atoms with van der Waals surface area (Å²) in [6.07, 6.45) is -0.807. The molecule has 8 heteroatoms. The van der Waals surface area contributed by atoms with Gasteiger partial charge in [0.15, 0.2) is 0 Å². The van der Waals surface area contributed by atoms with Crippen molar-refractivity contribution < 1.29 is 18.7 Å². The highest BCUT2D eigenvalue weighted by Gasteiger charge is 2.60. The van der Waals surface area contributed by atoms with Crippen LogP contribution >= 0.6 is 27.9 Å². The molecule has 2 aliphatic rings. The molecule has 2 aliphatic heterocycles. The maximum absolute atomic E-state index is 14.2. The van der Waals surface area contributed by atoms with Crippen LogP contribution in [0.5, 0.6) is 0 Å². The summed E-state index contributed by atoms with van der Waals surface area (Å²) in [5.41, 5.74) is -0.595. The molecule has 0 radical (unpaired) electrons. The van der Waals surface area contributed by atoms with Crippen LogP contribution < -0.4 is 5.32 Å². The van der Waals surface area contributed by atoms with E-state index in [0.29, 0.717) is 15.6 Å². The second kappa shape index (κ2) is 5.58. The van der Waals surface area contributed by atoms with Crippen LogP contribution in [0.25, 0.3) is 0 Å². The number of rotatable bonds is 2. The molecule has 0 aromatic heterocycles. The third-order valence-electron chi connectivity index (χ3n) is 3.90. The molecular formula is C16H10BrFN2O3S. The first-order valence-electron chi connectivity index (χ1n) is 7.04. The number of carbonyl (C=O) groups excluding carboxylic acids is 2. The number of imide groups is 1. The predicted molar refractivity (Wildman–Crippen MR) is 88.2 cm³/mol. The lowest BCUT2D eigenvalue weighted by Crippen LogP contribution is -2.45. The molecule has 1 saturated heterocycles. The van der Waals surface area contributed by atoms with Gasteiger partial charge in [0.25, 0.3) is 11.6 Å². The zero-order chi connectivity index (χ0) is 16.9. The van der Waals surface area contributed by atoms with E-state index in [0.717, 1.165) is 4.90 Å². The van der Waals surface area contributed by atoms with Gasteiger partial charge in [0.1, 0.15) is 5.82 Å². The normalized spacial score (nSPS) is 22.6. The van der Waals surface area contributed by atoms with Crippen LogP contribution in [0.2, 0.25) is 0 Å². The Hall–Kier alpha value is -1.90. The molecule has 2 aromatic carbocycles. The van der Waals surface area contributed by atoms with E-state index >= 15 is 0 Å². The molecule has 1 N–H and O–H groups in total. The third-order valence-corrected chi connectivity index (χ3v) is 5.56. The van der Waals surface area contributed by atoms with E-state index in [1.54, 1.807) is 28.6 Å². The summed E-state index contributed by atoms with van der Waals surface area (Å²) in [5, 5.41) is 2.17. The van der Waals surface area contributed by atoms with Crippen LogP contribution in [0.1, 0.15) is 11.1 Å². The highest BCUT2D eigenvalue weighted by atomic mass is 79.9. The first kappa shape index (κ1) is 15.6. The standard InChI is InChI=1S/C16H10BrFN2O3S/c17-10-6-5-9(12(18)7-10)8-20-16(14(21)19-15(22)23-16)11-3-1-2-4-13(11)24-20/h1-7H,8H2,(H,19,21,22). The lowest BCUT2D eigenvalue weighted by molar-refractivity contribution is -0.142. The number of ether oxygens (including phenoxy) is 1. The molecule has 1 spiro atoms. The van der Waals surface area contributed by atoms with Crippen molar-refractivity contribution in [2.24, 2.45) is 0 Å². The Bertz CT molecular complexity index is 878. The number of hydrogen-bond acceptors (Lipinski definition) is 5. The number of carbonyl (C=O) groups is 2. The van der Waals surface area contributed by atoms with Crippen LogP contribution in [0.3, 0.4) is 0 Å². The van der Waals surface area contributed by atoms with Gasteiger partial charge in [0.05, 0.1) is 0 Å². The average Bonchev–Trinajstić information content (AvgIpc) is 3.01. The Morgan fingerprint density at radius 3 is 2.75 bits per heavy atom.